The Morgan fingerprint density at radius 3 is 3.28 bits per heavy atom. The van der Waals surface area contributed by atoms with Gasteiger partial charge in [-0.05, 0) is 13.8 Å². The Balaban J connectivity index is 2.13. The maximum Gasteiger partial charge on any atom is 0.253 e. The first-order valence-corrected chi connectivity index (χ1v) is 6.24. The summed E-state index contributed by atoms with van der Waals surface area (Å²) in [6.07, 6.45) is 6.44. The van der Waals surface area contributed by atoms with E-state index in [4.69, 9.17) is 0 Å². The summed E-state index contributed by atoms with van der Waals surface area (Å²) in [5.74, 6) is 0.838. The molecule has 0 bridgehead atoms. The molecule has 5 heteroatoms. The van der Waals surface area contributed by atoms with E-state index in [1.54, 1.807) is 12.4 Å². The lowest BCUT2D eigenvalue weighted by atomic mass is 10.0. The fraction of sp³-hybridized carbons (Fsp3) is 0.385. The van der Waals surface area contributed by atoms with Gasteiger partial charge in [-0.25, -0.2) is 4.98 Å². The number of aromatic amines is 1. The topological polar surface area (TPSA) is 62.7 Å². The molecular weight excluding hydrogens is 228 g/mol. The van der Waals surface area contributed by atoms with Crippen molar-refractivity contribution in [2.24, 2.45) is 0 Å². The number of nitrogens with one attached hydrogen (secondary N) is 2. The molecule has 1 atom stereocenters. The molecule has 0 fully saturated rings. The quantitative estimate of drug-likeness (QED) is 0.845. The molecule has 2 N–H and O–H groups in total. The van der Waals surface area contributed by atoms with Crippen LogP contribution in [0.3, 0.4) is 0 Å². The van der Waals surface area contributed by atoms with E-state index in [1.807, 2.05) is 13.1 Å². The Kier molecular flexibility index (Phi) is 2.47. The van der Waals surface area contributed by atoms with Crippen LogP contribution in [0.4, 0.5) is 0 Å². The van der Waals surface area contributed by atoms with Crippen molar-refractivity contribution in [2.75, 3.05) is 6.54 Å². The van der Waals surface area contributed by atoms with Crippen LogP contribution in [0, 0.1) is 0 Å². The minimum Gasteiger partial charge on any atom is -0.364 e. The summed E-state index contributed by atoms with van der Waals surface area (Å²) in [5, 5.41) is 2.84. The zero-order valence-corrected chi connectivity index (χ0v) is 10.5. The Bertz CT molecular complexity index is 596. The van der Waals surface area contributed by atoms with E-state index in [1.165, 1.54) is 0 Å². The standard InChI is InChI=1S/C13H16N4O/c1-3-14-13(18)9-7-16-10-6-8(2)17-5-4-15-12(17)11(9)10/h4-5,7-8,16H,3,6H2,1-2H3,(H,14,18)/t8-/m1/s1. The summed E-state index contributed by atoms with van der Waals surface area (Å²) in [6, 6.07) is 0.371. The van der Waals surface area contributed by atoms with Gasteiger partial charge in [-0.1, -0.05) is 0 Å². The number of imidazole rings is 1. The fourth-order valence-corrected chi connectivity index (χ4v) is 2.57. The second-order valence-electron chi connectivity index (χ2n) is 4.63. The first-order chi connectivity index (χ1) is 8.72. The first-order valence-electron chi connectivity index (χ1n) is 6.24. The van der Waals surface area contributed by atoms with Crippen LogP contribution in [0.2, 0.25) is 0 Å². The summed E-state index contributed by atoms with van der Waals surface area (Å²) in [4.78, 5) is 19.6. The molecule has 0 radical (unpaired) electrons. The summed E-state index contributed by atoms with van der Waals surface area (Å²) in [5.41, 5.74) is 2.73. The molecule has 2 aromatic heterocycles. The molecule has 18 heavy (non-hydrogen) atoms. The van der Waals surface area contributed by atoms with Crippen molar-refractivity contribution in [3.63, 3.8) is 0 Å². The highest BCUT2D eigenvalue weighted by atomic mass is 16.1. The van der Waals surface area contributed by atoms with E-state index in [2.05, 4.69) is 26.8 Å². The van der Waals surface area contributed by atoms with Crippen molar-refractivity contribution in [2.45, 2.75) is 26.3 Å². The average molecular weight is 244 g/mol. The van der Waals surface area contributed by atoms with Crippen molar-refractivity contribution in [3.05, 3.63) is 29.8 Å². The van der Waals surface area contributed by atoms with Crippen LogP contribution in [-0.4, -0.2) is 27.0 Å². The highest BCUT2D eigenvalue weighted by Gasteiger charge is 2.28. The van der Waals surface area contributed by atoms with E-state index in [9.17, 15) is 4.79 Å². The van der Waals surface area contributed by atoms with Crippen LogP contribution in [0.5, 0.6) is 0 Å². The number of rotatable bonds is 2. The maximum atomic E-state index is 12.0. The van der Waals surface area contributed by atoms with Gasteiger partial charge in [0.05, 0.1) is 11.1 Å². The molecular formula is C13H16N4O. The largest absolute Gasteiger partial charge is 0.364 e. The van der Waals surface area contributed by atoms with Gasteiger partial charge >= 0.3 is 0 Å². The molecule has 94 valence electrons. The van der Waals surface area contributed by atoms with E-state index >= 15 is 0 Å². The lowest BCUT2D eigenvalue weighted by Crippen LogP contribution is -2.24. The molecule has 0 aliphatic carbocycles. The number of hydrogen-bond acceptors (Lipinski definition) is 2. The molecule has 0 aromatic carbocycles. The summed E-state index contributed by atoms with van der Waals surface area (Å²) in [6.45, 7) is 4.70. The molecule has 5 nitrogen and oxygen atoms in total. The van der Waals surface area contributed by atoms with Crippen molar-refractivity contribution in [1.29, 1.82) is 0 Å². The van der Waals surface area contributed by atoms with Gasteiger partial charge in [0.1, 0.15) is 5.82 Å². The molecule has 0 saturated carbocycles. The smallest absolute Gasteiger partial charge is 0.253 e. The van der Waals surface area contributed by atoms with Crippen LogP contribution in [0.25, 0.3) is 11.4 Å². The van der Waals surface area contributed by atoms with Gasteiger partial charge < -0.3 is 14.9 Å². The lowest BCUT2D eigenvalue weighted by Gasteiger charge is -2.22. The average Bonchev–Trinajstić information content (AvgIpc) is 2.93. The van der Waals surface area contributed by atoms with E-state index in [-0.39, 0.29) is 5.91 Å². The van der Waals surface area contributed by atoms with E-state index in [0.717, 1.165) is 23.5 Å². The monoisotopic (exact) mass is 244 g/mol. The SMILES string of the molecule is CCNC(=O)c1c[nH]c2c1-c1nccn1[C@H](C)C2. The fourth-order valence-electron chi connectivity index (χ4n) is 2.57. The Morgan fingerprint density at radius 1 is 1.67 bits per heavy atom. The third-order valence-corrected chi connectivity index (χ3v) is 3.41. The number of fused-ring (bicyclic) bond motifs is 3. The molecule has 1 aliphatic rings. The van der Waals surface area contributed by atoms with Crippen molar-refractivity contribution >= 4 is 5.91 Å². The summed E-state index contributed by atoms with van der Waals surface area (Å²) >= 11 is 0. The zero-order valence-electron chi connectivity index (χ0n) is 10.5. The number of carbonyl (C=O) groups excluding carboxylic acids is 1. The van der Waals surface area contributed by atoms with Gasteiger partial charge in [0, 0.05) is 43.3 Å². The zero-order chi connectivity index (χ0) is 12.7. The van der Waals surface area contributed by atoms with Crippen LogP contribution in [0.1, 0.15) is 35.9 Å². The van der Waals surface area contributed by atoms with Crippen molar-refractivity contribution < 1.29 is 4.79 Å². The van der Waals surface area contributed by atoms with Gasteiger partial charge in [0.25, 0.3) is 5.91 Å². The van der Waals surface area contributed by atoms with Gasteiger partial charge in [0.15, 0.2) is 0 Å². The highest BCUT2D eigenvalue weighted by molar-refractivity contribution is 6.01. The maximum absolute atomic E-state index is 12.0. The van der Waals surface area contributed by atoms with Gasteiger partial charge in [-0.3, -0.25) is 4.79 Å². The van der Waals surface area contributed by atoms with Crippen LogP contribution < -0.4 is 5.32 Å². The molecule has 0 saturated heterocycles. The van der Waals surface area contributed by atoms with Gasteiger partial charge in [-0.15, -0.1) is 0 Å². The summed E-state index contributed by atoms with van der Waals surface area (Å²) < 4.78 is 2.12. The predicted octanol–water partition coefficient (Wildman–Crippen LogP) is 1.75. The van der Waals surface area contributed by atoms with Crippen LogP contribution in [0.15, 0.2) is 18.6 Å². The number of carbonyl (C=O) groups is 1. The highest BCUT2D eigenvalue weighted by Crippen LogP contribution is 2.35. The molecule has 3 rings (SSSR count). The second kappa shape index (κ2) is 4.01. The second-order valence-corrected chi connectivity index (χ2v) is 4.63. The molecule has 0 spiro atoms. The molecule has 3 heterocycles. The predicted molar refractivity (Wildman–Crippen MR) is 68.4 cm³/mol. The molecule has 1 aliphatic heterocycles. The lowest BCUT2D eigenvalue weighted by molar-refractivity contribution is 0.0956. The first kappa shape index (κ1) is 11.1. The van der Waals surface area contributed by atoms with Crippen molar-refractivity contribution in [3.8, 4) is 11.4 Å². The molecule has 0 unspecified atom stereocenters. The number of nitrogens with zero attached hydrogens (tertiary/aromatic N) is 2. The van der Waals surface area contributed by atoms with Crippen LogP contribution in [-0.2, 0) is 6.42 Å². The van der Waals surface area contributed by atoms with Gasteiger partial charge in [0.2, 0.25) is 0 Å². The Morgan fingerprint density at radius 2 is 2.50 bits per heavy atom. The Hall–Kier alpha value is -2.04. The van der Waals surface area contributed by atoms with Crippen molar-refractivity contribution in [1.82, 2.24) is 19.9 Å². The minimum atomic E-state index is -0.0425. The van der Waals surface area contributed by atoms with E-state index < -0.39 is 0 Å². The number of aromatic nitrogens is 3. The molecule has 1 amide bonds. The number of hydrogen-bond donors (Lipinski definition) is 2. The number of amides is 1. The van der Waals surface area contributed by atoms with E-state index in [0.29, 0.717) is 18.2 Å². The van der Waals surface area contributed by atoms with Crippen LogP contribution >= 0.6 is 0 Å². The van der Waals surface area contributed by atoms with Gasteiger partial charge in [-0.2, -0.15) is 0 Å². The third kappa shape index (κ3) is 1.47. The summed E-state index contributed by atoms with van der Waals surface area (Å²) in [7, 11) is 0. The molecule has 2 aromatic rings. The Labute approximate surface area is 105 Å². The number of H-pyrrole nitrogens is 1. The normalized spacial score (nSPS) is 17.1. The minimum absolute atomic E-state index is 0.0425. The third-order valence-electron chi connectivity index (χ3n) is 3.41.